The zero-order chi connectivity index (χ0) is 18.4. The molecule has 1 aliphatic rings. The van der Waals surface area contributed by atoms with Crippen LogP contribution >= 0.6 is 0 Å². The van der Waals surface area contributed by atoms with Crippen LogP contribution in [0.15, 0.2) is 48.1 Å². The second-order valence-electron chi connectivity index (χ2n) is 8.14. The Kier molecular flexibility index (Phi) is 6.57. The number of allylic oxidation sites excluding steroid dienone is 1. The fraction of sp³-hybridized carbons (Fsp3) is 0.545. The lowest BCUT2D eigenvalue weighted by atomic mass is 9.52. The van der Waals surface area contributed by atoms with E-state index in [9.17, 15) is 4.79 Å². The molecule has 1 fully saturated rings. The highest BCUT2D eigenvalue weighted by atomic mass is 16.7. The largest absolute Gasteiger partial charge is 0.365 e. The van der Waals surface area contributed by atoms with Gasteiger partial charge in [-0.3, -0.25) is 0 Å². The van der Waals surface area contributed by atoms with E-state index in [2.05, 4.69) is 39.4 Å². The molecular weight excluding hydrogens is 310 g/mol. The molecule has 1 aliphatic carbocycles. The molecule has 1 aromatic rings. The minimum Gasteiger partial charge on any atom is -0.313 e. The molecule has 0 aromatic heterocycles. The molecule has 0 bridgehead atoms. The lowest BCUT2D eigenvalue weighted by Crippen LogP contribution is -2.50. The third-order valence-electron chi connectivity index (χ3n) is 4.96. The summed E-state index contributed by atoms with van der Waals surface area (Å²) < 4.78 is 0. The van der Waals surface area contributed by atoms with E-state index in [-0.39, 0.29) is 5.41 Å². The predicted molar refractivity (Wildman–Crippen MR) is 104 cm³/mol. The summed E-state index contributed by atoms with van der Waals surface area (Å²) in [5, 5.41) is 4.23. The number of carbonyl (C=O) groups excluding carboxylic acids is 1. The van der Waals surface area contributed by atoms with E-state index in [1.165, 1.54) is 12.8 Å². The molecule has 0 heterocycles. The normalized spacial score (nSPS) is 20.6. The SMILES string of the molecule is C=CCC1/C(=N\OC(=O)c2ccccc2)CC1(CC(C)C)CC(C)C. The minimum absolute atomic E-state index is 0.258. The Morgan fingerprint density at radius 3 is 2.36 bits per heavy atom. The van der Waals surface area contributed by atoms with Crippen LogP contribution < -0.4 is 0 Å². The molecule has 1 saturated carbocycles. The second-order valence-corrected chi connectivity index (χ2v) is 8.14. The van der Waals surface area contributed by atoms with Gasteiger partial charge in [0, 0.05) is 5.92 Å². The van der Waals surface area contributed by atoms with Crippen LogP contribution in [0, 0.1) is 23.2 Å². The molecule has 136 valence electrons. The fourth-order valence-corrected chi connectivity index (χ4v) is 4.34. The highest BCUT2D eigenvalue weighted by Crippen LogP contribution is 2.54. The summed E-state index contributed by atoms with van der Waals surface area (Å²) in [4.78, 5) is 17.3. The van der Waals surface area contributed by atoms with E-state index >= 15 is 0 Å². The van der Waals surface area contributed by atoms with Gasteiger partial charge in [-0.1, -0.05) is 57.1 Å². The number of benzene rings is 1. The van der Waals surface area contributed by atoms with Gasteiger partial charge in [0.15, 0.2) is 0 Å². The van der Waals surface area contributed by atoms with Crippen LogP contribution in [0.4, 0.5) is 0 Å². The summed E-state index contributed by atoms with van der Waals surface area (Å²) >= 11 is 0. The average Bonchev–Trinajstić information content (AvgIpc) is 2.55. The van der Waals surface area contributed by atoms with Crippen LogP contribution in [0.3, 0.4) is 0 Å². The van der Waals surface area contributed by atoms with Crippen LogP contribution in [0.25, 0.3) is 0 Å². The first kappa shape index (κ1) is 19.4. The Morgan fingerprint density at radius 2 is 1.84 bits per heavy atom. The quantitative estimate of drug-likeness (QED) is 0.337. The zero-order valence-electron chi connectivity index (χ0n) is 16.0. The van der Waals surface area contributed by atoms with Crippen molar-refractivity contribution >= 4 is 11.7 Å². The summed E-state index contributed by atoms with van der Waals surface area (Å²) in [6.45, 7) is 13.0. The van der Waals surface area contributed by atoms with E-state index in [1.54, 1.807) is 12.1 Å². The lowest BCUT2D eigenvalue weighted by molar-refractivity contribution is 0.0461. The van der Waals surface area contributed by atoms with E-state index in [4.69, 9.17) is 4.84 Å². The average molecular weight is 341 g/mol. The van der Waals surface area contributed by atoms with Gasteiger partial charge in [0.1, 0.15) is 0 Å². The monoisotopic (exact) mass is 341 g/mol. The van der Waals surface area contributed by atoms with Gasteiger partial charge in [0.25, 0.3) is 0 Å². The highest BCUT2D eigenvalue weighted by molar-refractivity contribution is 5.95. The zero-order valence-corrected chi connectivity index (χ0v) is 16.0. The van der Waals surface area contributed by atoms with Gasteiger partial charge in [0.05, 0.1) is 11.3 Å². The molecule has 0 radical (unpaired) electrons. The van der Waals surface area contributed by atoms with E-state index in [0.717, 1.165) is 18.6 Å². The van der Waals surface area contributed by atoms with Crippen LogP contribution in [0.1, 0.15) is 63.7 Å². The summed E-state index contributed by atoms with van der Waals surface area (Å²) in [5.74, 6) is 1.22. The van der Waals surface area contributed by atoms with Crippen molar-refractivity contribution in [3.8, 4) is 0 Å². The van der Waals surface area contributed by atoms with Crippen LogP contribution in [-0.2, 0) is 4.84 Å². The summed E-state index contributed by atoms with van der Waals surface area (Å²) in [6, 6.07) is 9.01. The van der Waals surface area contributed by atoms with E-state index in [1.807, 2.05) is 24.3 Å². The Labute approximate surface area is 152 Å². The fourth-order valence-electron chi connectivity index (χ4n) is 4.34. The number of rotatable bonds is 8. The molecule has 0 amide bonds. The first-order valence-corrected chi connectivity index (χ1v) is 9.32. The molecule has 1 aromatic carbocycles. The number of carbonyl (C=O) groups is 1. The smallest absolute Gasteiger partial charge is 0.313 e. The van der Waals surface area contributed by atoms with Crippen molar-refractivity contribution in [2.75, 3.05) is 0 Å². The van der Waals surface area contributed by atoms with Crippen LogP contribution in [-0.4, -0.2) is 11.7 Å². The third kappa shape index (κ3) is 4.81. The summed E-state index contributed by atoms with van der Waals surface area (Å²) in [6.07, 6.45) is 6.13. The summed E-state index contributed by atoms with van der Waals surface area (Å²) in [5.41, 5.74) is 1.79. The van der Waals surface area contributed by atoms with Crippen molar-refractivity contribution in [1.82, 2.24) is 0 Å². The van der Waals surface area contributed by atoms with Crippen molar-refractivity contribution in [1.29, 1.82) is 0 Å². The molecule has 0 N–H and O–H groups in total. The molecule has 0 spiro atoms. The molecule has 3 nitrogen and oxygen atoms in total. The van der Waals surface area contributed by atoms with Crippen LogP contribution in [0.5, 0.6) is 0 Å². The number of nitrogens with zero attached hydrogens (tertiary/aromatic N) is 1. The Balaban J connectivity index is 2.13. The van der Waals surface area contributed by atoms with Crippen molar-refractivity contribution in [3.63, 3.8) is 0 Å². The van der Waals surface area contributed by atoms with Gasteiger partial charge >= 0.3 is 5.97 Å². The van der Waals surface area contributed by atoms with E-state index in [0.29, 0.717) is 23.3 Å². The van der Waals surface area contributed by atoms with Crippen LogP contribution in [0.2, 0.25) is 0 Å². The number of hydrogen-bond donors (Lipinski definition) is 0. The Hall–Kier alpha value is -1.90. The maximum atomic E-state index is 12.1. The highest BCUT2D eigenvalue weighted by Gasteiger charge is 2.51. The molecule has 1 atom stereocenters. The number of hydrogen-bond acceptors (Lipinski definition) is 3. The Morgan fingerprint density at radius 1 is 1.24 bits per heavy atom. The topological polar surface area (TPSA) is 38.7 Å². The predicted octanol–water partition coefficient (Wildman–Crippen LogP) is 5.87. The molecule has 25 heavy (non-hydrogen) atoms. The first-order chi connectivity index (χ1) is 11.9. The van der Waals surface area contributed by atoms with Gasteiger partial charge in [-0.25, -0.2) is 4.79 Å². The molecular formula is C22H31NO2. The van der Waals surface area contributed by atoms with Gasteiger partial charge < -0.3 is 4.84 Å². The molecule has 2 rings (SSSR count). The molecule has 0 aliphatic heterocycles. The molecule has 3 heteroatoms. The van der Waals surface area contributed by atoms with Gasteiger partial charge in [-0.15, -0.1) is 6.58 Å². The number of oxime groups is 1. The standard InChI is InChI=1S/C22H31NO2/c1-6-10-19-20(15-22(19,13-16(2)3)14-17(4)5)23-25-21(24)18-11-8-7-9-12-18/h6-9,11-12,16-17,19H,1,10,13-15H2,2-5H3/b23-20-. The first-order valence-electron chi connectivity index (χ1n) is 9.32. The van der Waals surface area contributed by atoms with Crippen molar-refractivity contribution in [2.45, 2.75) is 53.4 Å². The minimum atomic E-state index is -0.393. The second kappa shape index (κ2) is 8.46. The molecule has 1 unspecified atom stereocenters. The maximum Gasteiger partial charge on any atom is 0.365 e. The van der Waals surface area contributed by atoms with Gasteiger partial charge in [-0.05, 0) is 55.1 Å². The van der Waals surface area contributed by atoms with Crippen molar-refractivity contribution in [2.24, 2.45) is 28.3 Å². The van der Waals surface area contributed by atoms with Gasteiger partial charge in [-0.2, -0.15) is 0 Å². The maximum absolute atomic E-state index is 12.1. The lowest BCUT2D eigenvalue weighted by Gasteiger charge is -2.52. The Bertz CT molecular complexity index is 606. The molecule has 0 saturated heterocycles. The van der Waals surface area contributed by atoms with E-state index < -0.39 is 5.97 Å². The summed E-state index contributed by atoms with van der Waals surface area (Å²) in [7, 11) is 0. The van der Waals surface area contributed by atoms with Gasteiger partial charge in [0.2, 0.25) is 0 Å². The third-order valence-corrected chi connectivity index (χ3v) is 4.96. The van der Waals surface area contributed by atoms with Crippen molar-refractivity contribution < 1.29 is 9.63 Å². The van der Waals surface area contributed by atoms with Crippen molar-refractivity contribution in [3.05, 3.63) is 48.6 Å².